The lowest BCUT2D eigenvalue weighted by molar-refractivity contribution is 1.10. The summed E-state index contributed by atoms with van der Waals surface area (Å²) in [7, 11) is 0. The molecule has 1 aromatic heterocycles. The van der Waals surface area contributed by atoms with Crippen LogP contribution in [0.1, 0.15) is 11.1 Å². The van der Waals surface area contributed by atoms with Crippen LogP contribution in [-0.4, -0.2) is 4.57 Å². The maximum atomic E-state index is 2.42. The molecule has 3 aromatic rings. The summed E-state index contributed by atoms with van der Waals surface area (Å²) in [4.78, 5) is 0. The van der Waals surface area contributed by atoms with Gasteiger partial charge in [0.05, 0.1) is 11.2 Å². The monoisotopic (exact) mass is 347 g/mol. The predicted octanol–water partition coefficient (Wildman–Crippen LogP) is 4.85. The molecule has 18 heavy (non-hydrogen) atoms. The molecular formula is C16H14IN. The van der Waals surface area contributed by atoms with E-state index in [1.807, 2.05) is 0 Å². The number of rotatable bonds is 1. The van der Waals surface area contributed by atoms with Crippen LogP contribution in [0.4, 0.5) is 0 Å². The highest BCUT2D eigenvalue weighted by Crippen LogP contribution is 2.26. The maximum Gasteiger partial charge on any atom is 0.0592 e. The number of aryl methyl sites for hydroxylation is 2. The van der Waals surface area contributed by atoms with Gasteiger partial charge in [-0.3, -0.25) is 0 Å². The molecule has 90 valence electrons. The fourth-order valence-electron chi connectivity index (χ4n) is 2.24. The van der Waals surface area contributed by atoms with E-state index in [0.29, 0.717) is 0 Å². The average molecular weight is 347 g/mol. The molecule has 0 saturated heterocycles. The predicted molar refractivity (Wildman–Crippen MR) is 85.5 cm³/mol. The third-order valence-electron chi connectivity index (χ3n) is 3.42. The van der Waals surface area contributed by atoms with Gasteiger partial charge in [-0.05, 0) is 77.2 Å². The number of halogens is 1. The third-order valence-corrected chi connectivity index (χ3v) is 4.29. The van der Waals surface area contributed by atoms with Crippen molar-refractivity contribution >= 4 is 33.5 Å². The van der Waals surface area contributed by atoms with Gasteiger partial charge in [0.1, 0.15) is 0 Å². The lowest BCUT2D eigenvalue weighted by Gasteiger charge is -2.11. The summed E-state index contributed by atoms with van der Waals surface area (Å²) in [6.45, 7) is 4.33. The molecule has 0 spiro atoms. The molecule has 1 heterocycles. The van der Waals surface area contributed by atoms with Crippen molar-refractivity contribution in [2.45, 2.75) is 13.8 Å². The van der Waals surface area contributed by atoms with Crippen molar-refractivity contribution in [1.82, 2.24) is 4.57 Å². The van der Waals surface area contributed by atoms with E-state index < -0.39 is 0 Å². The van der Waals surface area contributed by atoms with Gasteiger partial charge in [-0.15, -0.1) is 0 Å². The van der Waals surface area contributed by atoms with Gasteiger partial charge in [0.2, 0.25) is 0 Å². The minimum absolute atomic E-state index is 1.26. The molecule has 0 bridgehead atoms. The van der Waals surface area contributed by atoms with Gasteiger partial charge in [-0.2, -0.15) is 0 Å². The minimum atomic E-state index is 1.26. The summed E-state index contributed by atoms with van der Waals surface area (Å²) in [5.41, 5.74) is 5.21. The molecule has 0 aliphatic rings. The van der Waals surface area contributed by atoms with Crippen LogP contribution in [0.3, 0.4) is 0 Å². The Bertz CT molecular complexity index is 725. The molecule has 0 N–H and O–H groups in total. The van der Waals surface area contributed by atoms with Gasteiger partial charge in [0.15, 0.2) is 0 Å². The number of hydrogen-bond acceptors (Lipinski definition) is 0. The van der Waals surface area contributed by atoms with Crippen molar-refractivity contribution in [3.8, 4) is 5.69 Å². The van der Waals surface area contributed by atoms with Crippen LogP contribution in [0.2, 0.25) is 0 Å². The average Bonchev–Trinajstić information content (AvgIpc) is 2.78. The molecule has 1 nitrogen and oxygen atoms in total. The Morgan fingerprint density at radius 3 is 2.50 bits per heavy atom. The largest absolute Gasteiger partial charge is 0.315 e. The Hall–Kier alpha value is -1.29. The van der Waals surface area contributed by atoms with Crippen LogP contribution in [0.15, 0.2) is 48.7 Å². The molecule has 3 rings (SSSR count). The first-order valence-corrected chi connectivity index (χ1v) is 7.08. The highest BCUT2D eigenvalue weighted by molar-refractivity contribution is 14.1. The summed E-state index contributed by atoms with van der Waals surface area (Å²) in [6, 6.07) is 15.2. The number of para-hydroxylation sites is 1. The molecule has 0 saturated carbocycles. The molecule has 0 aliphatic carbocycles. The van der Waals surface area contributed by atoms with Crippen molar-refractivity contribution in [3.05, 3.63) is 63.4 Å². The second-order valence-corrected chi connectivity index (χ2v) is 5.79. The normalized spacial score (nSPS) is 11.1. The summed E-state index contributed by atoms with van der Waals surface area (Å²) in [5, 5.41) is 1.28. The Morgan fingerprint density at radius 1 is 0.944 bits per heavy atom. The van der Waals surface area contributed by atoms with E-state index in [-0.39, 0.29) is 0 Å². The Balaban J connectivity index is 2.29. The van der Waals surface area contributed by atoms with E-state index in [0.717, 1.165) is 0 Å². The second-order valence-electron chi connectivity index (χ2n) is 4.63. The van der Waals surface area contributed by atoms with Crippen LogP contribution in [0, 0.1) is 17.4 Å². The zero-order chi connectivity index (χ0) is 12.7. The standard InChI is InChI=1S/C16H14IN/c1-11-9-14(17)16(10-12(11)2)18-8-7-13-5-3-4-6-15(13)18/h3-10H,1-2H3. The van der Waals surface area contributed by atoms with E-state index in [2.05, 4.69) is 89.7 Å². The van der Waals surface area contributed by atoms with Crippen molar-refractivity contribution in [2.75, 3.05) is 0 Å². The number of fused-ring (bicyclic) bond motifs is 1. The zero-order valence-corrected chi connectivity index (χ0v) is 12.6. The van der Waals surface area contributed by atoms with Crippen LogP contribution in [0.5, 0.6) is 0 Å². The van der Waals surface area contributed by atoms with Crippen molar-refractivity contribution < 1.29 is 0 Å². The van der Waals surface area contributed by atoms with E-state index in [1.165, 1.54) is 31.3 Å². The topological polar surface area (TPSA) is 4.93 Å². The molecule has 0 aliphatic heterocycles. The first-order valence-electron chi connectivity index (χ1n) is 6.00. The van der Waals surface area contributed by atoms with E-state index in [4.69, 9.17) is 0 Å². The molecule has 2 aromatic carbocycles. The number of benzene rings is 2. The molecule has 0 atom stereocenters. The van der Waals surface area contributed by atoms with Gasteiger partial charge in [0.25, 0.3) is 0 Å². The summed E-state index contributed by atoms with van der Waals surface area (Å²) >= 11 is 2.42. The van der Waals surface area contributed by atoms with Gasteiger partial charge in [-0.25, -0.2) is 0 Å². The van der Waals surface area contributed by atoms with E-state index in [1.54, 1.807) is 0 Å². The fraction of sp³-hybridized carbons (Fsp3) is 0.125. The van der Waals surface area contributed by atoms with Crippen LogP contribution >= 0.6 is 22.6 Å². The second kappa shape index (κ2) is 4.43. The van der Waals surface area contributed by atoms with Gasteiger partial charge in [-0.1, -0.05) is 18.2 Å². The number of aromatic nitrogens is 1. The quantitative estimate of drug-likeness (QED) is 0.555. The first-order chi connectivity index (χ1) is 8.66. The Morgan fingerprint density at radius 2 is 1.67 bits per heavy atom. The van der Waals surface area contributed by atoms with Gasteiger partial charge >= 0.3 is 0 Å². The maximum absolute atomic E-state index is 2.42. The molecule has 2 heteroatoms. The van der Waals surface area contributed by atoms with E-state index >= 15 is 0 Å². The summed E-state index contributed by atoms with van der Waals surface area (Å²) in [5.74, 6) is 0. The van der Waals surface area contributed by atoms with Gasteiger partial charge in [0, 0.05) is 9.77 Å². The lowest BCUT2D eigenvalue weighted by atomic mass is 10.1. The van der Waals surface area contributed by atoms with Crippen LogP contribution in [0.25, 0.3) is 16.6 Å². The summed E-state index contributed by atoms with van der Waals surface area (Å²) < 4.78 is 3.56. The van der Waals surface area contributed by atoms with E-state index in [9.17, 15) is 0 Å². The molecule has 0 unspecified atom stereocenters. The molecule has 0 radical (unpaired) electrons. The minimum Gasteiger partial charge on any atom is -0.315 e. The van der Waals surface area contributed by atoms with Crippen molar-refractivity contribution in [1.29, 1.82) is 0 Å². The highest BCUT2D eigenvalue weighted by Gasteiger charge is 2.07. The SMILES string of the molecule is Cc1cc(I)c(-n2ccc3ccccc32)cc1C. The summed E-state index contributed by atoms with van der Waals surface area (Å²) in [6.07, 6.45) is 2.15. The van der Waals surface area contributed by atoms with Gasteiger partial charge < -0.3 is 4.57 Å². The Kier molecular flexibility index (Phi) is 2.90. The lowest BCUT2D eigenvalue weighted by Crippen LogP contribution is -1.97. The van der Waals surface area contributed by atoms with Crippen molar-refractivity contribution in [2.24, 2.45) is 0 Å². The molecule has 0 fully saturated rings. The number of nitrogens with zero attached hydrogens (tertiary/aromatic N) is 1. The zero-order valence-electron chi connectivity index (χ0n) is 10.4. The van der Waals surface area contributed by atoms with Crippen LogP contribution in [-0.2, 0) is 0 Å². The fourth-order valence-corrected chi connectivity index (χ4v) is 3.13. The van der Waals surface area contributed by atoms with Crippen LogP contribution < -0.4 is 0 Å². The third kappa shape index (κ3) is 1.85. The smallest absolute Gasteiger partial charge is 0.0592 e. The number of hydrogen-bond donors (Lipinski definition) is 0. The Labute approximate surface area is 121 Å². The van der Waals surface area contributed by atoms with Crippen molar-refractivity contribution in [3.63, 3.8) is 0 Å². The first kappa shape index (κ1) is 11.8. The highest BCUT2D eigenvalue weighted by atomic mass is 127. The molecule has 0 amide bonds. The molecular weight excluding hydrogens is 333 g/mol.